The Labute approximate surface area is 117 Å². The second-order valence-electron chi connectivity index (χ2n) is 4.61. The number of morpholine rings is 1. The number of nitrogens with two attached hydrogens (primary N) is 2. The molecule has 1 aromatic rings. The molecule has 1 aromatic heterocycles. The zero-order valence-corrected chi connectivity index (χ0v) is 11.5. The number of hydrazine groups is 1. The van der Waals surface area contributed by atoms with Crippen LogP contribution in [0.25, 0.3) is 0 Å². The molecule has 2 heterocycles. The van der Waals surface area contributed by atoms with E-state index in [0.717, 1.165) is 12.8 Å². The lowest BCUT2D eigenvalue weighted by molar-refractivity contribution is -0.121. The summed E-state index contributed by atoms with van der Waals surface area (Å²) in [5, 5.41) is 0. The number of aromatic nitrogens is 2. The lowest BCUT2D eigenvalue weighted by atomic mass is 10.2. The van der Waals surface area contributed by atoms with Crippen molar-refractivity contribution in [2.45, 2.75) is 25.8 Å². The van der Waals surface area contributed by atoms with Gasteiger partial charge in [-0.15, -0.1) is 0 Å². The minimum Gasteiger partial charge on any atom is -0.377 e. The van der Waals surface area contributed by atoms with Crippen LogP contribution >= 0.6 is 0 Å². The molecule has 1 aliphatic heterocycles. The van der Waals surface area contributed by atoms with E-state index < -0.39 is 11.9 Å². The van der Waals surface area contributed by atoms with Crippen molar-refractivity contribution in [3.63, 3.8) is 0 Å². The maximum atomic E-state index is 11.5. The van der Waals surface area contributed by atoms with Crippen molar-refractivity contribution in [2.75, 3.05) is 30.1 Å². The Morgan fingerprint density at radius 3 is 3.05 bits per heavy atom. The van der Waals surface area contributed by atoms with Gasteiger partial charge in [0.25, 0.3) is 0 Å². The van der Waals surface area contributed by atoms with Crippen molar-refractivity contribution in [2.24, 2.45) is 11.6 Å². The van der Waals surface area contributed by atoms with Gasteiger partial charge < -0.3 is 20.8 Å². The van der Waals surface area contributed by atoms with Gasteiger partial charge in [-0.05, 0) is 6.42 Å². The third kappa shape index (κ3) is 3.14. The van der Waals surface area contributed by atoms with E-state index in [9.17, 15) is 4.79 Å². The molecule has 20 heavy (non-hydrogen) atoms. The number of nitrogens with one attached hydrogen (secondary N) is 1. The number of nitrogen functional groups attached to an aromatic ring is 1. The summed E-state index contributed by atoms with van der Waals surface area (Å²) in [5.74, 6) is 6.86. The summed E-state index contributed by atoms with van der Waals surface area (Å²) >= 11 is 0. The first-order valence-corrected chi connectivity index (χ1v) is 6.64. The lowest BCUT2D eigenvalue weighted by Crippen LogP contribution is -2.53. The van der Waals surface area contributed by atoms with Crippen LogP contribution in [-0.4, -0.2) is 41.7 Å². The molecule has 0 aromatic carbocycles. The highest BCUT2D eigenvalue weighted by Crippen LogP contribution is 2.20. The Bertz CT molecular complexity index is 481. The third-order valence-corrected chi connectivity index (χ3v) is 3.13. The van der Waals surface area contributed by atoms with E-state index in [0.29, 0.717) is 30.6 Å². The number of carbonyl (C=O) groups excluding carboxylic acids is 1. The predicted molar refractivity (Wildman–Crippen MR) is 75.0 cm³/mol. The van der Waals surface area contributed by atoms with Crippen LogP contribution in [0.15, 0.2) is 6.07 Å². The molecule has 0 radical (unpaired) electrons. The number of primary amides is 1. The summed E-state index contributed by atoms with van der Waals surface area (Å²) in [5.41, 5.74) is 7.94. The van der Waals surface area contributed by atoms with Crippen LogP contribution < -0.4 is 21.9 Å². The molecule has 1 fully saturated rings. The van der Waals surface area contributed by atoms with Gasteiger partial charge in [0.2, 0.25) is 5.91 Å². The van der Waals surface area contributed by atoms with Gasteiger partial charge in [0, 0.05) is 19.0 Å². The Hall–Kier alpha value is -1.93. The van der Waals surface area contributed by atoms with Crippen LogP contribution in [0.2, 0.25) is 0 Å². The number of carbonyl (C=O) groups is 1. The highest BCUT2D eigenvalue weighted by molar-refractivity contribution is 5.83. The normalized spacial score (nSPS) is 18.9. The van der Waals surface area contributed by atoms with E-state index in [1.54, 1.807) is 6.07 Å². The van der Waals surface area contributed by atoms with E-state index in [-0.39, 0.29) is 6.61 Å². The number of hydrogen-bond acceptors (Lipinski definition) is 7. The molecule has 110 valence electrons. The van der Waals surface area contributed by atoms with Gasteiger partial charge in [-0.1, -0.05) is 6.92 Å². The fourth-order valence-corrected chi connectivity index (χ4v) is 2.15. The van der Waals surface area contributed by atoms with Gasteiger partial charge in [-0.25, -0.2) is 15.8 Å². The molecule has 2 rings (SSSR count). The van der Waals surface area contributed by atoms with Gasteiger partial charge in [-0.2, -0.15) is 0 Å². The minimum atomic E-state index is -0.515. The molecule has 1 atom stereocenters. The van der Waals surface area contributed by atoms with Crippen molar-refractivity contribution in [3.05, 3.63) is 11.9 Å². The molecule has 1 unspecified atom stereocenters. The van der Waals surface area contributed by atoms with Gasteiger partial charge in [0.15, 0.2) is 0 Å². The number of hydrogen-bond donors (Lipinski definition) is 3. The first-order valence-electron chi connectivity index (χ1n) is 6.64. The number of amides is 1. The van der Waals surface area contributed by atoms with E-state index in [1.807, 2.05) is 11.8 Å². The highest BCUT2D eigenvalue weighted by atomic mass is 16.5. The van der Waals surface area contributed by atoms with Gasteiger partial charge >= 0.3 is 0 Å². The van der Waals surface area contributed by atoms with Crippen molar-refractivity contribution in [3.8, 4) is 0 Å². The van der Waals surface area contributed by atoms with Crippen molar-refractivity contribution in [1.29, 1.82) is 0 Å². The Morgan fingerprint density at radius 2 is 2.40 bits per heavy atom. The van der Waals surface area contributed by atoms with Crippen LogP contribution in [0.3, 0.4) is 0 Å². The zero-order valence-electron chi connectivity index (χ0n) is 11.5. The number of rotatable bonds is 5. The lowest BCUT2D eigenvalue weighted by Gasteiger charge is -2.34. The smallest absolute Gasteiger partial charge is 0.242 e. The molecular weight excluding hydrogens is 260 g/mol. The zero-order chi connectivity index (χ0) is 14.5. The third-order valence-electron chi connectivity index (χ3n) is 3.13. The Kier molecular flexibility index (Phi) is 4.70. The molecule has 1 amide bonds. The topological polar surface area (TPSA) is 119 Å². The maximum absolute atomic E-state index is 11.5. The summed E-state index contributed by atoms with van der Waals surface area (Å²) < 4.78 is 5.30. The Balaban J connectivity index is 2.33. The van der Waals surface area contributed by atoms with Crippen LogP contribution in [0.1, 0.15) is 19.2 Å². The van der Waals surface area contributed by atoms with Crippen LogP contribution in [0, 0.1) is 0 Å². The number of nitrogens with zero attached hydrogens (tertiary/aromatic N) is 3. The molecule has 0 aliphatic carbocycles. The summed E-state index contributed by atoms with van der Waals surface area (Å²) in [4.78, 5) is 22.1. The quantitative estimate of drug-likeness (QED) is 0.487. The molecule has 8 heteroatoms. The monoisotopic (exact) mass is 280 g/mol. The molecule has 0 spiro atoms. The largest absolute Gasteiger partial charge is 0.377 e. The fraction of sp³-hybridized carbons (Fsp3) is 0.583. The number of anilines is 2. The van der Waals surface area contributed by atoms with Gasteiger partial charge in [0.1, 0.15) is 23.5 Å². The molecule has 0 saturated carbocycles. The van der Waals surface area contributed by atoms with Crippen molar-refractivity contribution in [1.82, 2.24) is 9.97 Å². The number of aryl methyl sites for hydroxylation is 1. The summed E-state index contributed by atoms with van der Waals surface area (Å²) in [7, 11) is 0. The molecule has 1 aliphatic rings. The molecule has 0 bridgehead atoms. The van der Waals surface area contributed by atoms with E-state index in [1.165, 1.54) is 0 Å². The first kappa shape index (κ1) is 14.5. The minimum absolute atomic E-state index is 0.272. The second kappa shape index (κ2) is 6.49. The standard InChI is InChI=1S/C12H20N6O2/c1-2-3-9-15-10(17-14)6-11(16-9)18-4-5-20-7-8(18)12(13)19/h6,8H,2-5,7,14H2,1H3,(H2,13,19)(H,15,16,17). The molecule has 8 nitrogen and oxygen atoms in total. The Morgan fingerprint density at radius 1 is 1.60 bits per heavy atom. The maximum Gasteiger partial charge on any atom is 0.242 e. The van der Waals surface area contributed by atoms with Crippen molar-refractivity contribution >= 4 is 17.5 Å². The summed E-state index contributed by atoms with van der Waals surface area (Å²) in [6.45, 7) is 3.41. The van der Waals surface area contributed by atoms with Crippen LogP contribution in [0.4, 0.5) is 11.6 Å². The fourth-order valence-electron chi connectivity index (χ4n) is 2.15. The second-order valence-corrected chi connectivity index (χ2v) is 4.61. The van der Waals surface area contributed by atoms with Crippen LogP contribution in [0.5, 0.6) is 0 Å². The van der Waals surface area contributed by atoms with Crippen LogP contribution in [-0.2, 0) is 16.0 Å². The van der Waals surface area contributed by atoms with Crippen molar-refractivity contribution < 1.29 is 9.53 Å². The molecule has 1 saturated heterocycles. The average Bonchev–Trinajstić information content (AvgIpc) is 2.47. The number of ether oxygens (including phenoxy) is 1. The SMILES string of the molecule is CCCc1nc(NN)cc(N2CCOCC2C(N)=O)n1. The highest BCUT2D eigenvalue weighted by Gasteiger charge is 2.29. The van der Waals surface area contributed by atoms with Gasteiger partial charge in [-0.3, -0.25) is 4.79 Å². The summed E-state index contributed by atoms with van der Waals surface area (Å²) in [6.07, 6.45) is 1.67. The van der Waals surface area contributed by atoms with Gasteiger partial charge in [0.05, 0.1) is 13.2 Å². The first-order chi connectivity index (χ1) is 9.65. The molecular formula is C12H20N6O2. The average molecular weight is 280 g/mol. The predicted octanol–water partition coefficient (Wildman–Crippen LogP) is -0.595. The molecule has 5 N–H and O–H groups in total. The summed E-state index contributed by atoms with van der Waals surface area (Å²) in [6, 6.07) is 1.19. The van der Waals surface area contributed by atoms with E-state index >= 15 is 0 Å². The van der Waals surface area contributed by atoms with E-state index in [2.05, 4.69) is 15.4 Å². The van der Waals surface area contributed by atoms with E-state index in [4.69, 9.17) is 16.3 Å².